The van der Waals surface area contributed by atoms with Crippen LogP contribution in [0.3, 0.4) is 0 Å². The molecule has 3 nitrogen and oxygen atoms in total. The number of quaternary nitrogens is 2. The third kappa shape index (κ3) is 10.4. The number of hydrogen-bond acceptors (Lipinski definition) is 1. The SMILES string of the molecule is CC[N+](CC)(CC)CCCOCCC[N+](CC)(CC)CC.[Br-].[Br-]. The Morgan fingerprint density at radius 3 is 1.00 bits per heavy atom. The van der Waals surface area contributed by atoms with Crippen molar-refractivity contribution in [3.05, 3.63) is 0 Å². The van der Waals surface area contributed by atoms with Crippen LogP contribution in [0, 0.1) is 0 Å². The van der Waals surface area contributed by atoms with Gasteiger partial charge in [-0.05, 0) is 41.5 Å². The lowest BCUT2D eigenvalue weighted by Gasteiger charge is -2.36. The second kappa shape index (κ2) is 16.3. The maximum absolute atomic E-state index is 5.87. The Labute approximate surface area is 167 Å². The van der Waals surface area contributed by atoms with E-state index in [2.05, 4.69) is 41.5 Å². The van der Waals surface area contributed by atoms with E-state index in [4.69, 9.17) is 4.74 Å². The van der Waals surface area contributed by atoms with Crippen molar-refractivity contribution in [3.63, 3.8) is 0 Å². The molecule has 0 rings (SSSR count). The minimum Gasteiger partial charge on any atom is -1.00 e. The molecule has 0 aromatic carbocycles. The summed E-state index contributed by atoms with van der Waals surface area (Å²) in [6.07, 6.45) is 2.40. The average Bonchev–Trinajstić information content (AvgIpc) is 2.55. The van der Waals surface area contributed by atoms with Gasteiger partial charge in [0.25, 0.3) is 0 Å². The summed E-state index contributed by atoms with van der Waals surface area (Å²) in [5.41, 5.74) is 0. The second-order valence-electron chi connectivity index (χ2n) is 6.35. The van der Waals surface area contributed by atoms with E-state index in [1.807, 2.05) is 0 Å². The highest BCUT2D eigenvalue weighted by Crippen LogP contribution is 2.09. The van der Waals surface area contributed by atoms with Gasteiger partial charge in [-0.1, -0.05) is 0 Å². The first-order chi connectivity index (χ1) is 10.1. The molecule has 0 heterocycles. The summed E-state index contributed by atoms with van der Waals surface area (Å²) >= 11 is 0. The molecule has 0 aromatic rings. The van der Waals surface area contributed by atoms with Crippen molar-refractivity contribution in [1.29, 1.82) is 0 Å². The molecule has 0 N–H and O–H groups in total. The fourth-order valence-corrected chi connectivity index (χ4v) is 3.40. The van der Waals surface area contributed by atoms with E-state index in [9.17, 15) is 0 Å². The van der Waals surface area contributed by atoms with Crippen LogP contribution in [-0.4, -0.2) is 74.5 Å². The van der Waals surface area contributed by atoms with Gasteiger partial charge in [-0.25, -0.2) is 0 Å². The van der Waals surface area contributed by atoms with Gasteiger partial charge in [-0.3, -0.25) is 0 Å². The second-order valence-corrected chi connectivity index (χ2v) is 6.35. The smallest absolute Gasteiger partial charge is 0.0808 e. The van der Waals surface area contributed by atoms with Crippen molar-refractivity contribution in [2.75, 3.05) is 65.6 Å². The lowest BCUT2D eigenvalue weighted by molar-refractivity contribution is -0.923. The number of ether oxygens (including phenoxy) is 1. The quantitative estimate of drug-likeness (QED) is 0.206. The number of hydrogen-bond donors (Lipinski definition) is 0. The molecule has 0 aromatic heterocycles. The van der Waals surface area contributed by atoms with E-state index in [-0.39, 0.29) is 34.0 Å². The first-order valence-corrected chi connectivity index (χ1v) is 9.35. The van der Waals surface area contributed by atoms with Crippen LogP contribution < -0.4 is 34.0 Å². The highest BCUT2D eigenvalue weighted by Gasteiger charge is 2.20. The molecule has 0 radical (unpaired) electrons. The van der Waals surface area contributed by atoms with Crippen LogP contribution in [0.2, 0.25) is 0 Å². The van der Waals surface area contributed by atoms with Crippen LogP contribution in [0.25, 0.3) is 0 Å². The molecule has 23 heavy (non-hydrogen) atoms. The van der Waals surface area contributed by atoms with E-state index >= 15 is 0 Å². The van der Waals surface area contributed by atoms with Gasteiger partial charge in [0.05, 0.1) is 65.6 Å². The van der Waals surface area contributed by atoms with Crippen LogP contribution in [0.4, 0.5) is 0 Å². The maximum atomic E-state index is 5.87. The van der Waals surface area contributed by atoms with Crippen LogP contribution in [0.5, 0.6) is 0 Å². The normalized spacial score (nSPS) is 11.7. The molecule has 0 fully saturated rings. The van der Waals surface area contributed by atoms with Gasteiger partial charge >= 0.3 is 0 Å². The van der Waals surface area contributed by atoms with E-state index in [1.54, 1.807) is 0 Å². The van der Waals surface area contributed by atoms with Crippen LogP contribution in [0.1, 0.15) is 54.4 Å². The standard InChI is InChI=1S/C18H42N2O.2BrH/c1-7-19(8-2,9-3)15-13-17-21-18-14-16-20(10-4,11-5)12-6;;/h7-18H2,1-6H3;2*1H/q+2;;/p-2. The van der Waals surface area contributed by atoms with Gasteiger partial charge in [0.15, 0.2) is 0 Å². The van der Waals surface area contributed by atoms with Gasteiger partial charge in [0.2, 0.25) is 0 Å². The Morgan fingerprint density at radius 2 is 0.783 bits per heavy atom. The molecular formula is C18H42Br2N2O. The molecule has 0 bridgehead atoms. The first kappa shape index (κ1) is 28.6. The van der Waals surface area contributed by atoms with Gasteiger partial charge in [0, 0.05) is 12.8 Å². The van der Waals surface area contributed by atoms with Crippen molar-refractivity contribution in [1.82, 2.24) is 0 Å². The monoisotopic (exact) mass is 460 g/mol. The molecule has 0 saturated heterocycles. The summed E-state index contributed by atoms with van der Waals surface area (Å²) in [4.78, 5) is 0. The fraction of sp³-hybridized carbons (Fsp3) is 1.00. The maximum Gasteiger partial charge on any atom is 0.0808 e. The molecule has 0 saturated carbocycles. The zero-order valence-electron chi connectivity index (χ0n) is 16.5. The summed E-state index contributed by atoms with van der Waals surface area (Å²) < 4.78 is 8.35. The molecule has 0 aliphatic rings. The lowest BCUT2D eigenvalue weighted by Crippen LogP contribution is -3.00. The van der Waals surface area contributed by atoms with Crippen molar-refractivity contribution in [3.8, 4) is 0 Å². The summed E-state index contributed by atoms with van der Waals surface area (Å²) in [6.45, 7) is 25.7. The third-order valence-corrected chi connectivity index (χ3v) is 5.87. The van der Waals surface area contributed by atoms with E-state index < -0.39 is 0 Å². The zero-order valence-corrected chi connectivity index (χ0v) is 19.7. The highest BCUT2D eigenvalue weighted by atomic mass is 79.9. The molecule has 0 spiro atoms. The molecule has 0 aliphatic heterocycles. The summed E-state index contributed by atoms with van der Waals surface area (Å²) in [6, 6.07) is 0. The summed E-state index contributed by atoms with van der Waals surface area (Å²) in [7, 11) is 0. The Bertz CT molecular complexity index is 205. The third-order valence-electron chi connectivity index (χ3n) is 5.87. The van der Waals surface area contributed by atoms with E-state index in [0.717, 1.165) is 13.2 Å². The predicted molar refractivity (Wildman–Crippen MR) is 93.6 cm³/mol. The van der Waals surface area contributed by atoms with E-state index in [0.29, 0.717) is 0 Å². The molecule has 0 atom stereocenters. The molecule has 0 amide bonds. The topological polar surface area (TPSA) is 9.23 Å². The fourth-order valence-electron chi connectivity index (χ4n) is 3.40. The Hall–Kier alpha value is 0.840. The first-order valence-electron chi connectivity index (χ1n) is 9.35. The van der Waals surface area contributed by atoms with Gasteiger partial charge in [-0.15, -0.1) is 0 Å². The predicted octanol–water partition coefficient (Wildman–Crippen LogP) is -2.46. The minimum atomic E-state index is 0. The zero-order chi connectivity index (χ0) is 16.2. The van der Waals surface area contributed by atoms with Crippen LogP contribution in [-0.2, 0) is 4.74 Å². The molecular weight excluding hydrogens is 420 g/mol. The summed E-state index contributed by atoms with van der Waals surface area (Å²) in [5.74, 6) is 0. The van der Waals surface area contributed by atoms with Crippen LogP contribution in [0.15, 0.2) is 0 Å². The molecule has 144 valence electrons. The molecule has 0 unspecified atom stereocenters. The Morgan fingerprint density at radius 1 is 0.522 bits per heavy atom. The molecule has 5 heteroatoms. The highest BCUT2D eigenvalue weighted by molar-refractivity contribution is 4.44. The van der Waals surface area contributed by atoms with Crippen molar-refractivity contribution in [2.45, 2.75) is 54.4 Å². The number of nitrogens with zero attached hydrogens (tertiary/aromatic N) is 2. The molecule has 0 aliphatic carbocycles. The van der Waals surface area contributed by atoms with Crippen molar-refractivity contribution < 1.29 is 47.7 Å². The lowest BCUT2D eigenvalue weighted by atomic mass is 10.3. The largest absolute Gasteiger partial charge is 1.00 e. The Balaban J connectivity index is -0.00000200. The average molecular weight is 462 g/mol. The number of rotatable bonds is 14. The Kier molecular flexibility index (Phi) is 20.3. The summed E-state index contributed by atoms with van der Waals surface area (Å²) in [5, 5.41) is 0. The van der Waals surface area contributed by atoms with Crippen LogP contribution >= 0.6 is 0 Å². The van der Waals surface area contributed by atoms with Gasteiger partial charge in [-0.2, -0.15) is 0 Å². The number of halogens is 2. The minimum absolute atomic E-state index is 0. The van der Waals surface area contributed by atoms with Gasteiger partial charge in [0.1, 0.15) is 0 Å². The van der Waals surface area contributed by atoms with Crippen molar-refractivity contribution in [2.24, 2.45) is 0 Å². The van der Waals surface area contributed by atoms with E-state index in [1.165, 1.54) is 74.2 Å². The van der Waals surface area contributed by atoms with Gasteiger partial charge < -0.3 is 47.7 Å². The van der Waals surface area contributed by atoms with Crippen molar-refractivity contribution >= 4 is 0 Å².